The van der Waals surface area contributed by atoms with Gasteiger partial charge in [-0.25, -0.2) is 13.1 Å². The van der Waals surface area contributed by atoms with Crippen molar-refractivity contribution in [1.82, 2.24) is 4.72 Å². The van der Waals surface area contributed by atoms with E-state index in [1.165, 1.54) is 6.42 Å². The Kier molecular flexibility index (Phi) is 6.49. The Morgan fingerprint density at radius 3 is 2.15 bits per heavy atom. The highest BCUT2D eigenvalue weighted by Gasteiger charge is 2.14. The van der Waals surface area contributed by atoms with Crippen LogP contribution in [0.5, 0.6) is 0 Å². The van der Waals surface area contributed by atoms with Gasteiger partial charge in [0.2, 0.25) is 10.0 Å². The molecular formula is C15H26N2O2S. The highest BCUT2D eigenvalue weighted by Crippen LogP contribution is 2.14. The summed E-state index contributed by atoms with van der Waals surface area (Å²) in [5.74, 6) is 0.714. The lowest BCUT2D eigenvalue weighted by Crippen LogP contribution is -2.30. The third kappa shape index (κ3) is 5.92. The number of sulfonamides is 1. The maximum atomic E-state index is 12.0. The zero-order valence-corrected chi connectivity index (χ0v) is 13.6. The highest BCUT2D eigenvalue weighted by atomic mass is 32.2. The van der Waals surface area contributed by atoms with Crippen LogP contribution in [-0.2, 0) is 10.0 Å². The van der Waals surface area contributed by atoms with E-state index in [1.807, 2.05) is 26.0 Å². The van der Waals surface area contributed by atoms with E-state index in [2.05, 4.69) is 23.9 Å². The fourth-order valence-electron chi connectivity index (χ4n) is 1.87. The van der Waals surface area contributed by atoms with Crippen molar-refractivity contribution in [3.05, 3.63) is 24.3 Å². The molecule has 2 N–H and O–H groups in total. The highest BCUT2D eigenvalue weighted by molar-refractivity contribution is 7.89. The molecule has 114 valence electrons. The maximum absolute atomic E-state index is 12.0. The second-order valence-electron chi connectivity index (χ2n) is 5.76. The van der Waals surface area contributed by atoms with Gasteiger partial charge in [-0.1, -0.05) is 13.8 Å². The van der Waals surface area contributed by atoms with Crippen molar-refractivity contribution < 1.29 is 8.42 Å². The Morgan fingerprint density at radius 2 is 1.65 bits per heavy atom. The molecule has 0 heterocycles. The summed E-state index contributed by atoms with van der Waals surface area (Å²) in [6.45, 7) is 8.95. The van der Waals surface area contributed by atoms with Gasteiger partial charge in [0.1, 0.15) is 0 Å². The van der Waals surface area contributed by atoms with Gasteiger partial charge in [-0.3, -0.25) is 0 Å². The first-order valence-electron chi connectivity index (χ1n) is 7.17. The van der Waals surface area contributed by atoms with Gasteiger partial charge in [0.25, 0.3) is 0 Å². The Morgan fingerprint density at radius 1 is 1.05 bits per heavy atom. The molecule has 0 bridgehead atoms. The molecule has 0 aliphatic heterocycles. The molecule has 0 unspecified atom stereocenters. The van der Waals surface area contributed by atoms with Crippen molar-refractivity contribution >= 4 is 15.7 Å². The average molecular weight is 298 g/mol. The van der Waals surface area contributed by atoms with Gasteiger partial charge in [0.15, 0.2) is 0 Å². The zero-order chi connectivity index (χ0) is 15.2. The van der Waals surface area contributed by atoms with Crippen LogP contribution in [0.15, 0.2) is 29.2 Å². The first kappa shape index (κ1) is 17.0. The number of nitrogens with one attached hydrogen (secondary N) is 2. The fourth-order valence-corrected chi connectivity index (χ4v) is 3.12. The van der Waals surface area contributed by atoms with E-state index in [-0.39, 0.29) is 6.04 Å². The van der Waals surface area contributed by atoms with Crippen molar-refractivity contribution in [3.63, 3.8) is 0 Å². The molecule has 4 nitrogen and oxygen atoms in total. The number of hydrogen-bond donors (Lipinski definition) is 2. The molecule has 0 aliphatic carbocycles. The van der Waals surface area contributed by atoms with E-state index in [0.717, 1.165) is 18.7 Å². The lowest BCUT2D eigenvalue weighted by Gasteiger charge is -2.11. The van der Waals surface area contributed by atoms with Gasteiger partial charge in [-0.15, -0.1) is 0 Å². The number of rotatable bonds is 8. The minimum Gasteiger partial charge on any atom is -0.385 e. The van der Waals surface area contributed by atoms with Crippen LogP contribution in [0, 0.1) is 5.92 Å². The number of benzene rings is 1. The Hall–Kier alpha value is -1.07. The second kappa shape index (κ2) is 7.64. The Bertz CT molecular complexity index is 493. The molecule has 0 saturated carbocycles. The largest absolute Gasteiger partial charge is 0.385 e. The monoisotopic (exact) mass is 298 g/mol. The number of hydrogen-bond acceptors (Lipinski definition) is 3. The van der Waals surface area contributed by atoms with Crippen molar-refractivity contribution in [2.45, 2.75) is 51.5 Å². The van der Waals surface area contributed by atoms with Crippen LogP contribution in [-0.4, -0.2) is 21.0 Å². The van der Waals surface area contributed by atoms with Crippen LogP contribution in [0.1, 0.15) is 40.5 Å². The first-order valence-corrected chi connectivity index (χ1v) is 8.66. The molecule has 0 saturated heterocycles. The van der Waals surface area contributed by atoms with Crippen molar-refractivity contribution in [1.29, 1.82) is 0 Å². The van der Waals surface area contributed by atoms with Gasteiger partial charge >= 0.3 is 0 Å². The molecule has 0 aliphatic rings. The fraction of sp³-hybridized carbons (Fsp3) is 0.600. The molecule has 0 spiro atoms. The molecule has 0 amide bonds. The Balaban J connectivity index is 2.56. The smallest absolute Gasteiger partial charge is 0.240 e. The number of anilines is 1. The molecule has 0 atom stereocenters. The topological polar surface area (TPSA) is 58.2 Å². The Labute approximate surface area is 123 Å². The average Bonchev–Trinajstić information content (AvgIpc) is 2.33. The molecule has 1 aromatic carbocycles. The zero-order valence-electron chi connectivity index (χ0n) is 12.8. The molecular weight excluding hydrogens is 272 g/mol. The quantitative estimate of drug-likeness (QED) is 0.724. The van der Waals surface area contributed by atoms with Crippen LogP contribution >= 0.6 is 0 Å². The van der Waals surface area contributed by atoms with Gasteiger partial charge in [0, 0.05) is 18.3 Å². The van der Waals surface area contributed by atoms with Gasteiger partial charge in [-0.05, 0) is 56.9 Å². The summed E-state index contributed by atoms with van der Waals surface area (Å²) in [6, 6.07) is 6.79. The van der Waals surface area contributed by atoms with Crippen LogP contribution in [0.4, 0.5) is 5.69 Å². The van der Waals surface area contributed by atoms with Crippen molar-refractivity contribution in [2.75, 3.05) is 11.9 Å². The van der Waals surface area contributed by atoms with Gasteiger partial charge < -0.3 is 5.32 Å². The minimum absolute atomic E-state index is 0.103. The van der Waals surface area contributed by atoms with E-state index in [9.17, 15) is 8.42 Å². The summed E-state index contributed by atoms with van der Waals surface area (Å²) in [5.41, 5.74) is 0.956. The molecule has 1 rings (SSSR count). The lowest BCUT2D eigenvalue weighted by molar-refractivity contribution is 0.566. The van der Waals surface area contributed by atoms with Crippen LogP contribution in [0.2, 0.25) is 0 Å². The molecule has 0 aromatic heterocycles. The third-order valence-electron chi connectivity index (χ3n) is 2.84. The van der Waals surface area contributed by atoms with Crippen molar-refractivity contribution in [2.24, 2.45) is 5.92 Å². The van der Waals surface area contributed by atoms with E-state index < -0.39 is 10.0 Å². The molecule has 5 heteroatoms. The summed E-state index contributed by atoms with van der Waals surface area (Å²) in [6.07, 6.45) is 2.31. The maximum Gasteiger partial charge on any atom is 0.240 e. The predicted octanol–water partition coefficient (Wildman–Crippen LogP) is 3.22. The van der Waals surface area contributed by atoms with Crippen LogP contribution in [0.3, 0.4) is 0 Å². The molecule has 0 radical (unpaired) electrons. The third-order valence-corrected chi connectivity index (χ3v) is 4.52. The predicted molar refractivity (Wildman–Crippen MR) is 84.5 cm³/mol. The summed E-state index contributed by atoms with van der Waals surface area (Å²) in [7, 11) is -3.39. The molecule has 0 fully saturated rings. The van der Waals surface area contributed by atoms with E-state index >= 15 is 0 Å². The summed E-state index contributed by atoms with van der Waals surface area (Å²) >= 11 is 0. The first-order chi connectivity index (χ1) is 9.31. The van der Waals surface area contributed by atoms with Gasteiger partial charge in [0.05, 0.1) is 4.90 Å². The standard InChI is InChI=1S/C15H26N2O2S/c1-12(2)6-5-11-16-14-7-9-15(10-8-14)20(18,19)17-13(3)4/h7-10,12-13,16-17H,5-6,11H2,1-4H3. The summed E-state index contributed by atoms with van der Waals surface area (Å²) in [5, 5.41) is 3.30. The lowest BCUT2D eigenvalue weighted by atomic mass is 10.1. The SMILES string of the molecule is CC(C)CCCNc1ccc(S(=O)(=O)NC(C)C)cc1. The van der Waals surface area contributed by atoms with Crippen LogP contribution in [0.25, 0.3) is 0 Å². The van der Waals surface area contributed by atoms with Crippen molar-refractivity contribution in [3.8, 4) is 0 Å². The van der Waals surface area contributed by atoms with E-state index in [0.29, 0.717) is 10.8 Å². The van der Waals surface area contributed by atoms with Crippen LogP contribution < -0.4 is 10.0 Å². The minimum atomic E-state index is -3.39. The van der Waals surface area contributed by atoms with E-state index in [4.69, 9.17) is 0 Å². The normalized spacial score (nSPS) is 12.1. The van der Waals surface area contributed by atoms with E-state index in [1.54, 1.807) is 12.1 Å². The second-order valence-corrected chi connectivity index (χ2v) is 7.48. The summed E-state index contributed by atoms with van der Waals surface area (Å²) in [4.78, 5) is 0.305. The molecule has 20 heavy (non-hydrogen) atoms. The molecule has 1 aromatic rings. The van der Waals surface area contributed by atoms with Gasteiger partial charge in [-0.2, -0.15) is 0 Å². The summed E-state index contributed by atoms with van der Waals surface area (Å²) < 4.78 is 26.5.